The van der Waals surface area contributed by atoms with Crippen LogP contribution in [0, 0.1) is 18.8 Å². The molecule has 2 atom stereocenters. The van der Waals surface area contributed by atoms with Crippen LogP contribution in [0.2, 0.25) is 0 Å². The lowest BCUT2D eigenvalue weighted by Crippen LogP contribution is -2.42. The highest BCUT2D eigenvalue weighted by atomic mass is 16.4. The molecule has 1 N–H and O–H groups in total. The number of anilines is 1. The summed E-state index contributed by atoms with van der Waals surface area (Å²) in [6, 6.07) is 7.75. The van der Waals surface area contributed by atoms with Gasteiger partial charge in [-0.25, -0.2) is 0 Å². The van der Waals surface area contributed by atoms with Gasteiger partial charge in [0.05, 0.1) is 11.8 Å². The molecule has 0 aromatic heterocycles. The smallest absolute Gasteiger partial charge is 0.307 e. The maximum Gasteiger partial charge on any atom is 0.307 e. The molecule has 2 rings (SSSR count). The van der Waals surface area contributed by atoms with Crippen LogP contribution in [0.4, 0.5) is 5.69 Å². The fourth-order valence-electron chi connectivity index (χ4n) is 3.23. The number of hydrogen-bond donors (Lipinski definition) is 1. The minimum atomic E-state index is -0.839. The summed E-state index contributed by atoms with van der Waals surface area (Å²) in [5.41, 5.74) is 1.93. The third-order valence-electron chi connectivity index (χ3n) is 4.39. The second-order valence-corrected chi connectivity index (χ2v) is 5.70. The van der Waals surface area contributed by atoms with Crippen molar-refractivity contribution in [3.63, 3.8) is 0 Å². The maximum absolute atomic E-state index is 12.9. The number of carbonyl (C=O) groups excluding carboxylic acids is 1. The number of carbonyl (C=O) groups is 2. The Morgan fingerprint density at radius 2 is 1.81 bits per heavy atom. The fourth-order valence-corrected chi connectivity index (χ4v) is 3.23. The van der Waals surface area contributed by atoms with Crippen molar-refractivity contribution in [2.45, 2.75) is 39.5 Å². The molecule has 0 aliphatic heterocycles. The van der Waals surface area contributed by atoms with Crippen LogP contribution in [0.1, 0.15) is 38.2 Å². The molecular weight excluding hydrogens is 266 g/mol. The number of carboxylic acids is 1. The normalized spacial score (nSPS) is 21.8. The van der Waals surface area contributed by atoms with E-state index < -0.39 is 17.8 Å². The molecule has 1 aliphatic carbocycles. The number of hydrogen-bond acceptors (Lipinski definition) is 2. The quantitative estimate of drug-likeness (QED) is 0.925. The van der Waals surface area contributed by atoms with Crippen LogP contribution in [0.25, 0.3) is 0 Å². The van der Waals surface area contributed by atoms with E-state index in [9.17, 15) is 14.7 Å². The van der Waals surface area contributed by atoms with Gasteiger partial charge in [-0.2, -0.15) is 0 Å². The molecule has 1 aromatic carbocycles. The number of amides is 1. The molecule has 1 aliphatic rings. The van der Waals surface area contributed by atoms with Crippen molar-refractivity contribution < 1.29 is 14.7 Å². The molecule has 0 heterocycles. The highest BCUT2D eigenvalue weighted by molar-refractivity contribution is 5.97. The zero-order valence-electron chi connectivity index (χ0n) is 12.7. The molecule has 21 heavy (non-hydrogen) atoms. The number of nitrogens with zero attached hydrogens (tertiary/aromatic N) is 1. The third-order valence-corrected chi connectivity index (χ3v) is 4.39. The monoisotopic (exact) mass is 289 g/mol. The number of para-hydroxylation sites is 1. The van der Waals surface area contributed by atoms with E-state index in [1.807, 2.05) is 38.1 Å². The van der Waals surface area contributed by atoms with Gasteiger partial charge in [-0.3, -0.25) is 9.59 Å². The predicted molar refractivity (Wildman–Crippen MR) is 82.3 cm³/mol. The molecule has 4 heteroatoms. The zero-order chi connectivity index (χ0) is 15.4. The van der Waals surface area contributed by atoms with Crippen LogP contribution in [0.5, 0.6) is 0 Å². The molecule has 4 nitrogen and oxygen atoms in total. The Morgan fingerprint density at radius 3 is 2.38 bits per heavy atom. The van der Waals surface area contributed by atoms with Crippen molar-refractivity contribution in [2.24, 2.45) is 11.8 Å². The van der Waals surface area contributed by atoms with Gasteiger partial charge in [-0.1, -0.05) is 31.0 Å². The first kappa shape index (κ1) is 15.5. The van der Waals surface area contributed by atoms with Crippen molar-refractivity contribution in [3.05, 3.63) is 29.8 Å². The molecular formula is C17H23NO3. The lowest BCUT2D eigenvalue weighted by molar-refractivity contribution is -0.148. The Hall–Kier alpha value is -1.84. The van der Waals surface area contributed by atoms with E-state index in [2.05, 4.69) is 0 Å². The van der Waals surface area contributed by atoms with Crippen molar-refractivity contribution in [2.75, 3.05) is 11.4 Å². The molecule has 1 saturated carbocycles. The van der Waals surface area contributed by atoms with Crippen LogP contribution >= 0.6 is 0 Å². The number of benzene rings is 1. The van der Waals surface area contributed by atoms with E-state index >= 15 is 0 Å². The molecule has 1 fully saturated rings. The van der Waals surface area contributed by atoms with Crippen LogP contribution in [0.3, 0.4) is 0 Å². The van der Waals surface area contributed by atoms with E-state index in [0.717, 1.165) is 24.1 Å². The lowest BCUT2D eigenvalue weighted by atomic mass is 9.78. The van der Waals surface area contributed by atoms with E-state index in [-0.39, 0.29) is 5.91 Å². The van der Waals surface area contributed by atoms with Crippen LogP contribution in [-0.2, 0) is 9.59 Å². The molecule has 0 bridgehead atoms. The Kier molecular flexibility index (Phi) is 4.99. The van der Waals surface area contributed by atoms with Gasteiger partial charge in [-0.05, 0) is 38.3 Å². The first-order chi connectivity index (χ1) is 10.1. The van der Waals surface area contributed by atoms with Gasteiger partial charge in [-0.15, -0.1) is 0 Å². The van der Waals surface area contributed by atoms with Crippen LogP contribution in [-0.4, -0.2) is 23.5 Å². The van der Waals surface area contributed by atoms with Crippen LogP contribution in [0.15, 0.2) is 24.3 Å². The summed E-state index contributed by atoms with van der Waals surface area (Å²) in [4.78, 5) is 26.0. The maximum atomic E-state index is 12.9. The molecule has 0 radical (unpaired) electrons. The molecule has 0 saturated heterocycles. The predicted octanol–water partition coefficient (Wildman–Crippen LogP) is 3.24. The Labute approximate surface area is 125 Å². The molecule has 0 spiro atoms. The van der Waals surface area contributed by atoms with Gasteiger partial charge in [0.1, 0.15) is 0 Å². The highest BCUT2D eigenvalue weighted by Crippen LogP contribution is 2.33. The van der Waals surface area contributed by atoms with Gasteiger partial charge in [0, 0.05) is 12.2 Å². The van der Waals surface area contributed by atoms with E-state index in [0.29, 0.717) is 19.4 Å². The zero-order valence-corrected chi connectivity index (χ0v) is 12.7. The van der Waals surface area contributed by atoms with Crippen molar-refractivity contribution in [1.29, 1.82) is 0 Å². The Morgan fingerprint density at radius 1 is 1.19 bits per heavy atom. The molecule has 1 aromatic rings. The summed E-state index contributed by atoms with van der Waals surface area (Å²) in [5.74, 6) is -1.81. The number of aryl methyl sites for hydroxylation is 1. The number of rotatable bonds is 4. The van der Waals surface area contributed by atoms with Gasteiger partial charge < -0.3 is 10.0 Å². The summed E-state index contributed by atoms with van der Waals surface area (Å²) in [7, 11) is 0. The summed E-state index contributed by atoms with van der Waals surface area (Å²) < 4.78 is 0. The summed E-state index contributed by atoms with van der Waals surface area (Å²) >= 11 is 0. The van der Waals surface area contributed by atoms with Crippen molar-refractivity contribution >= 4 is 17.6 Å². The van der Waals surface area contributed by atoms with Crippen molar-refractivity contribution in [3.8, 4) is 0 Å². The summed E-state index contributed by atoms with van der Waals surface area (Å²) in [6.07, 6.45) is 3.12. The van der Waals surface area contributed by atoms with Gasteiger partial charge in [0.2, 0.25) is 5.91 Å². The minimum Gasteiger partial charge on any atom is -0.481 e. The van der Waals surface area contributed by atoms with Crippen molar-refractivity contribution in [1.82, 2.24) is 0 Å². The topological polar surface area (TPSA) is 57.6 Å². The van der Waals surface area contributed by atoms with Gasteiger partial charge in [0.15, 0.2) is 0 Å². The average molecular weight is 289 g/mol. The molecule has 114 valence electrons. The van der Waals surface area contributed by atoms with Gasteiger partial charge in [0.25, 0.3) is 0 Å². The molecule has 2 unspecified atom stereocenters. The average Bonchev–Trinajstić information content (AvgIpc) is 2.49. The van der Waals surface area contributed by atoms with Gasteiger partial charge >= 0.3 is 5.97 Å². The summed E-state index contributed by atoms with van der Waals surface area (Å²) in [5, 5.41) is 9.37. The standard InChI is InChI=1S/C17H23NO3/c1-3-18(15-11-7-4-8-12(15)2)16(19)13-9-5-6-10-14(13)17(20)21/h4,7-8,11,13-14H,3,5-6,9-10H2,1-2H3,(H,20,21). The SMILES string of the molecule is CCN(C(=O)C1CCCCC1C(=O)O)c1ccccc1C. The second kappa shape index (κ2) is 6.74. The highest BCUT2D eigenvalue weighted by Gasteiger charge is 2.38. The van der Waals surface area contributed by atoms with E-state index in [1.165, 1.54) is 0 Å². The second-order valence-electron chi connectivity index (χ2n) is 5.70. The van der Waals surface area contributed by atoms with Crippen LogP contribution < -0.4 is 4.90 Å². The Bertz CT molecular complexity index is 527. The van der Waals surface area contributed by atoms with E-state index in [1.54, 1.807) is 4.90 Å². The third kappa shape index (κ3) is 3.26. The first-order valence-electron chi connectivity index (χ1n) is 7.66. The Balaban J connectivity index is 2.27. The molecule has 1 amide bonds. The van der Waals surface area contributed by atoms with E-state index in [4.69, 9.17) is 0 Å². The minimum absolute atomic E-state index is 0.0427. The summed E-state index contributed by atoms with van der Waals surface area (Å²) in [6.45, 7) is 4.47. The number of carboxylic acid groups (broad SMARTS) is 1. The fraction of sp³-hybridized carbons (Fsp3) is 0.529. The lowest BCUT2D eigenvalue weighted by Gasteiger charge is -2.33. The largest absolute Gasteiger partial charge is 0.481 e. The number of aliphatic carboxylic acids is 1. The first-order valence-corrected chi connectivity index (χ1v) is 7.66.